The van der Waals surface area contributed by atoms with Crippen molar-refractivity contribution in [2.45, 2.75) is 58.3 Å². The van der Waals surface area contributed by atoms with Gasteiger partial charge in [-0.2, -0.15) is 5.10 Å². The summed E-state index contributed by atoms with van der Waals surface area (Å²) in [5.74, 6) is -0.191. The minimum atomic E-state index is -0.237. The molecule has 9 heteroatoms. The van der Waals surface area contributed by atoms with Crippen LogP contribution >= 0.6 is 0 Å². The zero-order chi connectivity index (χ0) is 24.1. The van der Waals surface area contributed by atoms with Gasteiger partial charge in [-0.15, -0.1) is 0 Å². The Kier molecular flexibility index (Phi) is 7.84. The number of hydrogen-bond donors (Lipinski definition) is 2. The molecule has 2 aromatic rings. The molecule has 4 rings (SSSR count). The van der Waals surface area contributed by atoms with Crippen LogP contribution in [-0.4, -0.2) is 75.6 Å². The van der Waals surface area contributed by atoms with Gasteiger partial charge >= 0.3 is 6.09 Å². The van der Waals surface area contributed by atoms with Gasteiger partial charge < -0.3 is 20.1 Å². The highest BCUT2D eigenvalue weighted by atomic mass is 16.6. The van der Waals surface area contributed by atoms with Gasteiger partial charge in [0, 0.05) is 49.9 Å². The van der Waals surface area contributed by atoms with Gasteiger partial charge in [0.1, 0.15) is 0 Å². The van der Waals surface area contributed by atoms with E-state index in [1.165, 1.54) is 0 Å². The fourth-order valence-corrected chi connectivity index (χ4v) is 5.00. The molecule has 0 radical (unpaired) electrons. The van der Waals surface area contributed by atoms with E-state index in [-0.39, 0.29) is 24.6 Å². The lowest BCUT2D eigenvalue weighted by Crippen LogP contribution is -2.48. The maximum Gasteiger partial charge on any atom is 0.409 e. The number of aliphatic hydroxyl groups is 1. The van der Waals surface area contributed by atoms with E-state index in [9.17, 15) is 14.7 Å². The van der Waals surface area contributed by atoms with E-state index in [1.807, 2.05) is 44.2 Å². The lowest BCUT2D eigenvalue weighted by Gasteiger charge is -2.39. The number of ether oxygens (including phenoxy) is 1. The first-order valence-electron chi connectivity index (χ1n) is 12.2. The first-order chi connectivity index (χ1) is 16.5. The van der Waals surface area contributed by atoms with Crippen molar-refractivity contribution in [1.29, 1.82) is 0 Å². The summed E-state index contributed by atoms with van der Waals surface area (Å²) in [5.41, 5.74) is 3.46. The highest BCUT2D eigenvalue weighted by molar-refractivity contribution is 5.94. The molecule has 0 bridgehead atoms. The fourth-order valence-electron chi connectivity index (χ4n) is 5.00. The molecular weight excluding hydrogens is 434 g/mol. The van der Waals surface area contributed by atoms with Crippen molar-refractivity contribution in [1.82, 2.24) is 24.9 Å². The lowest BCUT2D eigenvalue weighted by atomic mass is 9.97. The Morgan fingerprint density at radius 3 is 2.62 bits per heavy atom. The molecule has 3 heterocycles. The molecule has 34 heavy (non-hydrogen) atoms. The van der Waals surface area contributed by atoms with E-state index in [0.717, 1.165) is 42.6 Å². The summed E-state index contributed by atoms with van der Waals surface area (Å²) in [6, 6.07) is 10.1. The summed E-state index contributed by atoms with van der Waals surface area (Å²) in [6.07, 6.45) is 2.30. The van der Waals surface area contributed by atoms with Crippen molar-refractivity contribution in [3.63, 3.8) is 0 Å². The fraction of sp³-hybridized carbons (Fsp3) is 0.560. The van der Waals surface area contributed by atoms with E-state index >= 15 is 0 Å². The summed E-state index contributed by atoms with van der Waals surface area (Å²) < 4.78 is 6.93. The molecule has 1 aromatic heterocycles. The molecular formula is C25H35N5O4. The third-order valence-corrected chi connectivity index (χ3v) is 6.84. The van der Waals surface area contributed by atoms with Crippen LogP contribution < -0.4 is 5.32 Å². The summed E-state index contributed by atoms with van der Waals surface area (Å²) in [7, 11) is 0. The summed E-state index contributed by atoms with van der Waals surface area (Å²) >= 11 is 0. The third kappa shape index (κ3) is 5.26. The van der Waals surface area contributed by atoms with Gasteiger partial charge in [0.25, 0.3) is 5.91 Å². The van der Waals surface area contributed by atoms with Crippen LogP contribution in [0.3, 0.4) is 0 Å². The maximum absolute atomic E-state index is 13.3. The predicted molar refractivity (Wildman–Crippen MR) is 127 cm³/mol. The number of carbonyl (C=O) groups excluding carboxylic acids is 2. The van der Waals surface area contributed by atoms with Crippen molar-refractivity contribution in [2.75, 3.05) is 32.8 Å². The monoisotopic (exact) mass is 469 g/mol. The Morgan fingerprint density at radius 1 is 1.21 bits per heavy atom. The number of nitrogens with zero attached hydrogens (tertiary/aromatic N) is 4. The average molecular weight is 470 g/mol. The molecule has 2 N–H and O–H groups in total. The first-order valence-corrected chi connectivity index (χ1v) is 12.2. The molecule has 2 aliphatic rings. The number of amides is 2. The Morgan fingerprint density at radius 2 is 1.94 bits per heavy atom. The molecule has 2 amide bonds. The van der Waals surface area contributed by atoms with Gasteiger partial charge in [0.15, 0.2) is 5.69 Å². The van der Waals surface area contributed by atoms with Crippen molar-refractivity contribution < 1.29 is 19.4 Å². The molecule has 0 spiro atoms. The maximum atomic E-state index is 13.3. The van der Waals surface area contributed by atoms with Crippen LogP contribution in [0, 0.1) is 0 Å². The lowest BCUT2D eigenvalue weighted by molar-refractivity contribution is 0.0699. The van der Waals surface area contributed by atoms with Crippen molar-refractivity contribution in [3.8, 4) is 0 Å². The highest BCUT2D eigenvalue weighted by Gasteiger charge is 2.33. The second-order valence-electron chi connectivity index (χ2n) is 8.96. The molecule has 1 aromatic carbocycles. The molecule has 1 atom stereocenters. The van der Waals surface area contributed by atoms with Crippen LogP contribution in [0.25, 0.3) is 0 Å². The van der Waals surface area contributed by atoms with E-state index in [0.29, 0.717) is 44.5 Å². The number of hydrogen-bond acceptors (Lipinski definition) is 6. The van der Waals surface area contributed by atoms with Crippen molar-refractivity contribution in [2.24, 2.45) is 0 Å². The Labute approximate surface area is 200 Å². The number of fused-ring (bicyclic) bond motifs is 1. The molecule has 1 unspecified atom stereocenters. The Balaban J connectivity index is 1.47. The Bertz CT molecular complexity index is 985. The number of nitrogens with one attached hydrogen (secondary N) is 1. The number of rotatable bonds is 7. The van der Waals surface area contributed by atoms with Crippen LogP contribution in [0.5, 0.6) is 0 Å². The molecule has 2 aliphatic heterocycles. The summed E-state index contributed by atoms with van der Waals surface area (Å²) in [4.78, 5) is 29.5. The van der Waals surface area contributed by atoms with Gasteiger partial charge in [-0.1, -0.05) is 30.3 Å². The number of carbonyl (C=O) groups is 2. The van der Waals surface area contributed by atoms with Crippen molar-refractivity contribution in [3.05, 3.63) is 52.8 Å². The second kappa shape index (κ2) is 11.0. The van der Waals surface area contributed by atoms with Crippen LogP contribution in [0.1, 0.15) is 60.0 Å². The predicted octanol–water partition coefficient (Wildman–Crippen LogP) is 2.35. The average Bonchev–Trinajstić information content (AvgIpc) is 3.23. The minimum Gasteiger partial charge on any atom is -0.450 e. The zero-order valence-corrected chi connectivity index (χ0v) is 20.1. The van der Waals surface area contributed by atoms with Crippen molar-refractivity contribution >= 4 is 12.0 Å². The molecule has 1 saturated heterocycles. The molecule has 9 nitrogen and oxygen atoms in total. The summed E-state index contributed by atoms with van der Waals surface area (Å²) in [5, 5.41) is 17.2. The van der Waals surface area contributed by atoms with E-state index in [2.05, 4.69) is 15.3 Å². The van der Waals surface area contributed by atoms with Gasteiger partial charge in [0.2, 0.25) is 0 Å². The van der Waals surface area contributed by atoms with Crippen LogP contribution in [0.15, 0.2) is 30.3 Å². The third-order valence-electron chi connectivity index (χ3n) is 6.84. The Hall–Kier alpha value is -2.91. The van der Waals surface area contributed by atoms with E-state index in [4.69, 9.17) is 4.74 Å². The topological polar surface area (TPSA) is 99.9 Å². The molecule has 1 fully saturated rings. The van der Waals surface area contributed by atoms with Gasteiger partial charge in [-0.05, 0) is 32.3 Å². The van der Waals surface area contributed by atoms with Gasteiger partial charge in [0.05, 0.1) is 25.8 Å². The van der Waals surface area contributed by atoms with Crippen LogP contribution in [0.2, 0.25) is 0 Å². The normalized spacial score (nSPS) is 17.8. The largest absolute Gasteiger partial charge is 0.450 e. The van der Waals surface area contributed by atoms with E-state index in [1.54, 1.807) is 9.58 Å². The zero-order valence-electron chi connectivity index (χ0n) is 20.1. The SMILES string of the molecule is CCOC(=O)N1CCC(N2CCc3c(c(C(=O)NC(C)c4ccccc4)nn3CCO)C2)CC1. The quantitative estimate of drug-likeness (QED) is 0.646. The molecule has 0 saturated carbocycles. The number of benzene rings is 1. The standard InChI is InChI=1S/C25H35N5O4/c1-3-34-25(33)28-12-9-20(10-13-28)29-14-11-22-21(17-29)23(27-30(22)15-16-31)24(32)26-18(2)19-7-5-4-6-8-19/h4-8,18,20,31H,3,9-17H2,1-2H3,(H,26,32). The second-order valence-corrected chi connectivity index (χ2v) is 8.96. The van der Waals surface area contributed by atoms with Gasteiger partial charge in [-0.25, -0.2) is 4.79 Å². The number of likely N-dealkylation sites (tertiary alicyclic amines) is 1. The number of piperidine rings is 1. The first kappa shape index (κ1) is 24.2. The molecule has 0 aliphatic carbocycles. The number of aliphatic hydroxyl groups excluding tert-OH is 1. The smallest absolute Gasteiger partial charge is 0.409 e. The van der Waals surface area contributed by atoms with Gasteiger partial charge in [-0.3, -0.25) is 14.4 Å². The number of aromatic nitrogens is 2. The summed E-state index contributed by atoms with van der Waals surface area (Å²) in [6.45, 7) is 7.40. The van der Waals surface area contributed by atoms with E-state index < -0.39 is 0 Å². The minimum absolute atomic E-state index is 0.0222. The van der Waals surface area contributed by atoms with Crippen LogP contribution in [-0.2, 0) is 24.2 Å². The molecule has 184 valence electrons. The van der Waals surface area contributed by atoms with Crippen LogP contribution in [0.4, 0.5) is 4.79 Å². The highest BCUT2D eigenvalue weighted by Crippen LogP contribution is 2.28.